The van der Waals surface area contributed by atoms with E-state index in [4.69, 9.17) is 5.73 Å². The molecule has 0 saturated heterocycles. The molecule has 3 rings (SSSR count). The van der Waals surface area contributed by atoms with E-state index in [-0.39, 0.29) is 5.69 Å². The summed E-state index contributed by atoms with van der Waals surface area (Å²) >= 11 is 0. The fourth-order valence-electron chi connectivity index (χ4n) is 2.75. The number of nitro groups is 1. The van der Waals surface area contributed by atoms with E-state index in [0.29, 0.717) is 23.1 Å². The lowest BCUT2D eigenvalue weighted by atomic mass is 10.1. The first-order valence-corrected chi connectivity index (χ1v) is 6.60. The molecule has 1 aromatic heterocycles. The van der Waals surface area contributed by atoms with Crippen LogP contribution in [0, 0.1) is 10.1 Å². The van der Waals surface area contributed by atoms with E-state index in [1.807, 2.05) is 4.57 Å². The Bertz CT molecular complexity index is 646. The third-order valence-corrected chi connectivity index (χ3v) is 3.78. The van der Waals surface area contributed by atoms with E-state index in [0.717, 1.165) is 12.8 Å². The Morgan fingerprint density at radius 1 is 1.35 bits per heavy atom. The van der Waals surface area contributed by atoms with Gasteiger partial charge in [0.1, 0.15) is 6.33 Å². The van der Waals surface area contributed by atoms with E-state index in [9.17, 15) is 10.1 Å². The molecule has 0 bridgehead atoms. The van der Waals surface area contributed by atoms with Gasteiger partial charge in [0.2, 0.25) is 0 Å². The quantitative estimate of drug-likeness (QED) is 0.526. The van der Waals surface area contributed by atoms with Crippen molar-refractivity contribution in [2.24, 2.45) is 0 Å². The Kier molecular flexibility index (Phi) is 3.09. The number of non-ortho nitro benzene ring substituents is 1. The molecular formula is C13H15N5O2. The summed E-state index contributed by atoms with van der Waals surface area (Å²) in [6.07, 6.45) is 6.35. The van der Waals surface area contributed by atoms with Crippen LogP contribution in [0.15, 0.2) is 24.5 Å². The van der Waals surface area contributed by atoms with Crippen molar-refractivity contribution in [2.45, 2.75) is 31.7 Å². The largest absolute Gasteiger partial charge is 0.398 e. The van der Waals surface area contributed by atoms with Crippen molar-refractivity contribution in [1.29, 1.82) is 0 Å². The number of benzene rings is 1. The highest BCUT2D eigenvalue weighted by molar-refractivity contribution is 5.74. The Hall–Kier alpha value is -2.44. The summed E-state index contributed by atoms with van der Waals surface area (Å²) in [6, 6.07) is 4.85. The van der Waals surface area contributed by atoms with Gasteiger partial charge in [-0.05, 0) is 18.9 Å². The van der Waals surface area contributed by atoms with Crippen LogP contribution < -0.4 is 5.73 Å². The molecule has 2 aromatic rings. The first-order valence-electron chi connectivity index (χ1n) is 6.60. The number of hydrogen-bond acceptors (Lipinski definition) is 5. The van der Waals surface area contributed by atoms with Gasteiger partial charge in [-0.25, -0.2) is 0 Å². The SMILES string of the molecule is Nc1cc([N+](=O)[O-])ccc1-c1nncn1C1CCCC1. The first-order chi connectivity index (χ1) is 9.66. The molecule has 1 aromatic carbocycles. The summed E-state index contributed by atoms with van der Waals surface area (Å²) in [5.41, 5.74) is 6.96. The minimum absolute atomic E-state index is 0.0156. The first kappa shape index (κ1) is 12.6. The highest BCUT2D eigenvalue weighted by Crippen LogP contribution is 2.34. The molecule has 104 valence electrons. The third-order valence-electron chi connectivity index (χ3n) is 3.78. The van der Waals surface area contributed by atoms with Crippen LogP contribution >= 0.6 is 0 Å². The van der Waals surface area contributed by atoms with Gasteiger partial charge in [-0.3, -0.25) is 10.1 Å². The van der Waals surface area contributed by atoms with E-state index in [1.165, 1.54) is 25.0 Å². The molecule has 0 spiro atoms. The standard InChI is InChI=1S/C13H15N5O2/c14-12-7-10(18(19)20)5-6-11(12)13-16-15-8-17(13)9-3-1-2-4-9/h5-9H,1-4,14H2. The molecule has 2 N–H and O–H groups in total. The Morgan fingerprint density at radius 2 is 2.10 bits per heavy atom. The number of aromatic nitrogens is 3. The Morgan fingerprint density at radius 3 is 2.75 bits per heavy atom. The Balaban J connectivity index is 2.01. The second-order valence-electron chi connectivity index (χ2n) is 5.03. The zero-order chi connectivity index (χ0) is 14.1. The van der Waals surface area contributed by atoms with Gasteiger partial charge < -0.3 is 10.3 Å². The maximum absolute atomic E-state index is 10.7. The van der Waals surface area contributed by atoms with Crippen LogP contribution in [0.1, 0.15) is 31.7 Å². The predicted octanol–water partition coefficient (Wildman–Crippen LogP) is 2.55. The van der Waals surface area contributed by atoms with E-state index < -0.39 is 4.92 Å². The molecule has 7 heteroatoms. The molecule has 0 atom stereocenters. The van der Waals surface area contributed by atoms with Crippen molar-refractivity contribution in [3.8, 4) is 11.4 Å². The summed E-state index contributed by atoms with van der Waals surface area (Å²) in [5, 5.41) is 18.8. The molecule has 1 aliphatic carbocycles. The van der Waals surface area contributed by atoms with Crippen molar-refractivity contribution >= 4 is 11.4 Å². The lowest BCUT2D eigenvalue weighted by Gasteiger charge is -2.14. The van der Waals surface area contributed by atoms with E-state index >= 15 is 0 Å². The number of anilines is 1. The molecule has 0 radical (unpaired) electrons. The van der Waals surface area contributed by atoms with Crippen LogP contribution in [0.5, 0.6) is 0 Å². The van der Waals surface area contributed by atoms with Gasteiger partial charge in [0.05, 0.1) is 4.92 Å². The van der Waals surface area contributed by atoms with Crippen molar-refractivity contribution in [2.75, 3.05) is 5.73 Å². The zero-order valence-corrected chi connectivity index (χ0v) is 10.9. The predicted molar refractivity (Wildman–Crippen MR) is 74.0 cm³/mol. The van der Waals surface area contributed by atoms with Crippen molar-refractivity contribution in [1.82, 2.24) is 14.8 Å². The van der Waals surface area contributed by atoms with E-state index in [1.54, 1.807) is 12.4 Å². The van der Waals surface area contributed by atoms with Crippen LogP contribution in [-0.4, -0.2) is 19.7 Å². The Labute approximate surface area is 115 Å². The molecule has 1 saturated carbocycles. The normalized spacial score (nSPS) is 15.6. The van der Waals surface area contributed by atoms with Gasteiger partial charge >= 0.3 is 0 Å². The average molecular weight is 273 g/mol. The maximum atomic E-state index is 10.7. The molecule has 0 amide bonds. The fourth-order valence-corrected chi connectivity index (χ4v) is 2.75. The van der Waals surface area contributed by atoms with Crippen LogP contribution in [-0.2, 0) is 0 Å². The highest BCUT2D eigenvalue weighted by Gasteiger charge is 2.22. The minimum Gasteiger partial charge on any atom is -0.398 e. The van der Waals surface area contributed by atoms with Crippen molar-refractivity contribution in [3.63, 3.8) is 0 Å². The minimum atomic E-state index is -0.457. The van der Waals surface area contributed by atoms with Gasteiger partial charge in [0.15, 0.2) is 5.82 Å². The second kappa shape index (κ2) is 4.92. The fraction of sp³-hybridized carbons (Fsp3) is 0.385. The number of nitrogens with zero attached hydrogens (tertiary/aromatic N) is 4. The smallest absolute Gasteiger partial charge is 0.271 e. The molecule has 1 heterocycles. The summed E-state index contributed by atoms with van der Waals surface area (Å²) in [4.78, 5) is 10.3. The van der Waals surface area contributed by atoms with Gasteiger partial charge in [-0.15, -0.1) is 10.2 Å². The molecule has 20 heavy (non-hydrogen) atoms. The number of nitro benzene ring substituents is 1. The van der Waals surface area contributed by atoms with Gasteiger partial charge in [0.25, 0.3) is 5.69 Å². The van der Waals surface area contributed by atoms with Crippen molar-refractivity contribution < 1.29 is 4.92 Å². The van der Waals surface area contributed by atoms with Crippen LogP contribution in [0.4, 0.5) is 11.4 Å². The molecule has 0 unspecified atom stereocenters. The lowest BCUT2D eigenvalue weighted by molar-refractivity contribution is -0.384. The summed E-state index contributed by atoms with van der Waals surface area (Å²) < 4.78 is 2.03. The maximum Gasteiger partial charge on any atom is 0.271 e. The summed E-state index contributed by atoms with van der Waals surface area (Å²) in [6.45, 7) is 0. The number of nitrogen functional groups attached to an aromatic ring is 1. The topological polar surface area (TPSA) is 99.9 Å². The van der Waals surface area contributed by atoms with Crippen molar-refractivity contribution in [3.05, 3.63) is 34.6 Å². The van der Waals surface area contributed by atoms with Gasteiger partial charge in [0, 0.05) is 29.4 Å². The zero-order valence-electron chi connectivity index (χ0n) is 10.9. The van der Waals surface area contributed by atoms with Crippen LogP contribution in [0.3, 0.4) is 0 Å². The number of rotatable bonds is 3. The molecule has 0 aliphatic heterocycles. The average Bonchev–Trinajstić information content (AvgIpc) is 3.09. The van der Waals surface area contributed by atoms with E-state index in [2.05, 4.69) is 10.2 Å². The van der Waals surface area contributed by atoms with Crippen LogP contribution in [0.25, 0.3) is 11.4 Å². The second-order valence-corrected chi connectivity index (χ2v) is 5.03. The molecular weight excluding hydrogens is 258 g/mol. The molecule has 1 fully saturated rings. The molecule has 7 nitrogen and oxygen atoms in total. The lowest BCUT2D eigenvalue weighted by Crippen LogP contribution is -2.06. The monoisotopic (exact) mass is 273 g/mol. The summed E-state index contributed by atoms with van der Waals surface area (Å²) in [7, 11) is 0. The van der Waals surface area contributed by atoms with Gasteiger partial charge in [-0.2, -0.15) is 0 Å². The highest BCUT2D eigenvalue weighted by atomic mass is 16.6. The molecule has 1 aliphatic rings. The summed E-state index contributed by atoms with van der Waals surface area (Å²) in [5.74, 6) is 0.685. The third kappa shape index (κ3) is 2.11. The van der Waals surface area contributed by atoms with Crippen LogP contribution in [0.2, 0.25) is 0 Å². The van der Waals surface area contributed by atoms with Gasteiger partial charge in [-0.1, -0.05) is 12.8 Å². The number of nitrogens with two attached hydrogens (primary N) is 1. The number of hydrogen-bond donors (Lipinski definition) is 1.